The molecule has 2 rings (SSSR count). The van der Waals surface area contributed by atoms with E-state index in [-0.39, 0.29) is 12.1 Å². The van der Waals surface area contributed by atoms with Crippen LogP contribution in [0.1, 0.15) is 2.74 Å². The van der Waals surface area contributed by atoms with Crippen LogP contribution in [0.25, 0.3) is 0 Å². The fourth-order valence-corrected chi connectivity index (χ4v) is 0.989. The van der Waals surface area contributed by atoms with Crippen LogP contribution >= 0.6 is 0 Å². The summed E-state index contributed by atoms with van der Waals surface area (Å²) in [4.78, 5) is 0. The van der Waals surface area contributed by atoms with Crippen LogP contribution in [-0.4, -0.2) is 19.2 Å². The van der Waals surface area contributed by atoms with Crippen molar-refractivity contribution in [2.45, 2.75) is 6.10 Å². The Morgan fingerprint density at radius 3 is 2.85 bits per heavy atom. The summed E-state index contributed by atoms with van der Waals surface area (Å²) in [6, 6.07) is 0.00205. The van der Waals surface area contributed by atoms with E-state index >= 15 is 0 Å². The van der Waals surface area contributed by atoms with Gasteiger partial charge in [-0.25, -0.2) is 4.39 Å². The summed E-state index contributed by atoms with van der Waals surface area (Å²) in [5.74, 6) is -2.93. The lowest BCUT2D eigenvalue weighted by Gasteiger charge is -2.27. The van der Waals surface area contributed by atoms with Crippen LogP contribution in [0.4, 0.5) is 8.78 Å². The second-order valence-electron chi connectivity index (χ2n) is 2.79. The van der Waals surface area contributed by atoms with Crippen LogP contribution in [0, 0.1) is 11.6 Å². The third-order valence-electron chi connectivity index (χ3n) is 1.82. The molecular formula is C9H9F2NO. The van der Waals surface area contributed by atoms with E-state index in [1.165, 1.54) is 0 Å². The lowest BCUT2D eigenvalue weighted by molar-refractivity contribution is 0.135. The van der Waals surface area contributed by atoms with Crippen molar-refractivity contribution in [3.8, 4) is 5.75 Å². The van der Waals surface area contributed by atoms with Gasteiger partial charge in [-0.3, -0.25) is 0 Å². The van der Waals surface area contributed by atoms with Crippen LogP contribution in [-0.2, 0) is 0 Å². The molecule has 1 N–H and O–H groups in total. The van der Waals surface area contributed by atoms with E-state index in [0.29, 0.717) is 13.1 Å². The molecule has 4 heteroatoms. The van der Waals surface area contributed by atoms with Gasteiger partial charge in [-0.1, -0.05) is 6.07 Å². The molecule has 0 spiro atoms. The number of rotatable bonds is 2. The zero-order valence-electron chi connectivity index (χ0n) is 8.73. The van der Waals surface area contributed by atoms with Crippen LogP contribution in [0.15, 0.2) is 18.2 Å². The van der Waals surface area contributed by atoms with E-state index in [1.54, 1.807) is 0 Å². The Balaban J connectivity index is 2.32. The minimum absolute atomic E-state index is 0.223. The molecule has 1 aliphatic rings. The van der Waals surface area contributed by atoms with Gasteiger partial charge < -0.3 is 10.1 Å². The van der Waals surface area contributed by atoms with Gasteiger partial charge in [-0.05, 0) is 12.1 Å². The first-order valence-electron chi connectivity index (χ1n) is 4.92. The molecule has 0 bridgehead atoms. The zero-order valence-corrected chi connectivity index (χ0v) is 6.73. The molecule has 0 aliphatic carbocycles. The average molecular weight is 187 g/mol. The standard InChI is InChI=1S/C9H9F2NO/c10-7-2-1-3-8(9(7)11)13-6-4-12-5-6/h1-3,6,12H,4-5H2/i2D,3D. The maximum atomic E-state index is 13.3. The van der Waals surface area contributed by atoms with Crippen molar-refractivity contribution in [3.63, 3.8) is 0 Å². The molecule has 1 aromatic rings. The molecule has 0 radical (unpaired) electrons. The Bertz CT molecular complexity index is 396. The van der Waals surface area contributed by atoms with Gasteiger partial charge in [0.2, 0.25) is 5.82 Å². The van der Waals surface area contributed by atoms with E-state index in [1.807, 2.05) is 0 Å². The van der Waals surface area contributed by atoms with Crippen molar-refractivity contribution in [2.24, 2.45) is 0 Å². The predicted molar refractivity (Wildman–Crippen MR) is 43.6 cm³/mol. The van der Waals surface area contributed by atoms with Crippen LogP contribution in [0.3, 0.4) is 0 Å². The highest BCUT2D eigenvalue weighted by Crippen LogP contribution is 2.20. The van der Waals surface area contributed by atoms with E-state index in [0.717, 1.165) is 6.07 Å². The van der Waals surface area contributed by atoms with E-state index in [4.69, 9.17) is 7.48 Å². The lowest BCUT2D eigenvalue weighted by Crippen LogP contribution is -2.50. The summed E-state index contributed by atoms with van der Waals surface area (Å²) < 4.78 is 45.8. The molecule has 1 saturated heterocycles. The molecule has 0 atom stereocenters. The maximum absolute atomic E-state index is 13.3. The molecule has 1 aromatic carbocycles. The van der Waals surface area contributed by atoms with Crippen molar-refractivity contribution in [2.75, 3.05) is 13.1 Å². The van der Waals surface area contributed by atoms with Crippen molar-refractivity contribution < 1.29 is 16.3 Å². The van der Waals surface area contributed by atoms with Crippen LogP contribution in [0.2, 0.25) is 0 Å². The lowest BCUT2D eigenvalue weighted by atomic mass is 10.2. The first kappa shape index (κ1) is 6.32. The molecule has 1 fully saturated rings. The van der Waals surface area contributed by atoms with E-state index < -0.39 is 23.4 Å². The minimum atomic E-state index is -1.27. The average Bonchev–Trinajstić information content (AvgIpc) is 2.11. The second-order valence-corrected chi connectivity index (χ2v) is 2.79. The molecule has 13 heavy (non-hydrogen) atoms. The smallest absolute Gasteiger partial charge is 0.200 e. The summed E-state index contributed by atoms with van der Waals surface area (Å²) in [5, 5.41) is 2.91. The Labute approximate surface area is 77.3 Å². The number of hydrogen-bond acceptors (Lipinski definition) is 2. The van der Waals surface area contributed by atoms with Gasteiger partial charge in [-0.15, -0.1) is 0 Å². The fraction of sp³-hybridized carbons (Fsp3) is 0.333. The summed E-state index contributed by atoms with van der Waals surface area (Å²) in [5.41, 5.74) is 0. The normalized spacial score (nSPS) is 18.9. The Hall–Kier alpha value is -1.16. The Morgan fingerprint density at radius 1 is 1.46 bits per heavy atom. The monoisotopic (exact) mass is 187 g/mol. The summed E-state index contributed by atoms with van der Waals surface area (Å²) in [6.07, 6.45) is -0.223. The first-order valence-corrected chi connectivity index (χ1v) is 3.92. The quantitative estimate of drug-likeness (QED) is 0.753. The molecule has 0 saturated carbocycles. The summed E-state index contributed by atoms with van der Waals surface area (Å²) >= 11 is 0. The largest absolute Gasteiger partial charge is 0.485 e. The number of ether oxygens (including phenoxy) is 1. The molecule has 0 unspecified atom stereocenters. The highest BCUT2D eigenvalue weighted by molar-refractivity contribution is 5.25. The van der Waals surface area contributed by atoms with Gasteiger partial charge in [-0.2, -0.15) is 4.39 Å². The predicted octanol–water partition coefficient (Wildman–Crippen LogP) is 1.32. The molecular weight excluding hydrogens is 176 g/mol. The van der Waals surface area contributed by atoms with Gasteiger partial charge in [0.15, 0.2) is 11.6 Å². The third-order valence-corrected chi connectivity index (χ3v) is 1.82. The maximum Gasteiger partial charge on any atom is 0.200 e. The Kier molecular flexibility index (Phi) is 1.60. The van der Waals surface area contributed by atoms with Gasteiger partial charge in [0.25, 0.3) is 0 Å². The molecule has 70 valence electrons. The zero-order chi connectivity index (χ0) is 11.0. The van der Waals surface area contributed by atoms with E-state index in [2.05, 4.69) is 5.32 Å². The van der Waals surface area contributed by atoms with Gasteiger partial charge >= 0.3 is 0 Å². The van der Waals surface area contributed by atoms with Crippen molar-refractivity contribution >= 4 is 0 Å². The summed E-state index contributed by atoms with van der Waals surface area (Å²) in [6.45, 7) is 1.12. The van der Waals surface area contributed by atoms with Crippen LogP contribution < -0.4 is 10.1 Å². The molecule has 0 amide bonds. The SMILES string of the molecule is [2H]c1cc([2H])c(OC2CNC2)c(F)c1F. The minimum Gasteiger partial charge on any atom is -0.485 e. The number of benzene rings is 1. The highest BCUT2D eigenvalue weighted by Gasteiger charge is 2.20. The van der Waals surface area contributed by atoms with Gasteiger partial charge in [0.05, 0.1) is 2.74 Å². The molecule has 1 heterocycles. The first-order chi connectivity index (χ1) is 7.09. The number of halogens is 2. The van der Waals surface area contributed by atoms with Crippen molar-refractivity contribution in [3.05, 3.63) is 29.8 Å². The Morgan fingerprint density at radius 2 is 2.23 bits per heavy atom. The topological polar surface area (TPSA) is 21.3 Å². The van der Waals surface area contributed by atoms with Crippen molar-refractivity contribution in [1.29, 1.82) is 0 Å². The number of nitrogens with one attached hydrogen (secondary N) is 1. The number of hydrogen-bond donors (Lipinski definition) is 1. The van der Waals surface area contributed by atoms with E-state index in [9.17, 15) is 8.78 Å². The third kappa shape index (κ3) is 1.62. The summed E-state index contributed by atoms with van der Waals surface area (Å²) in [7, 11) is 0. The van der Waals surface area contributed by atoms with Gasteiger partial charge in [0.1, 0.15) is 6.10 Å². The highest BCUT2D eigenvalue weighted by atomic mass is 19.2. The second kappa shape index (κ2) is 3.30. The fourth-order valence-electron chi connectivity index (χ4n) is 0.989. The van der Waals surface area contributed by atoms with Crippen molar-refractivity contribution in [1.82, 2.24) is 5.32 Å². The molecule has 1 aliphatic heterocycles. The van der Waals surface area contributed by atoms with Crippen LogP contribution in [0.5, 0.6) is 5.75 Å². The van der Waals surface area contributed by atoms with Gasteiger partial charge in [0, 0.05) is 13.1 Å². The molecule has 2 nitrogen and oxygen atoms in total. The molecule has 0 aromatic heterocycles.